The maximum absolute atomic E-state index is 5.44. The zero-order chi connectivity index (χ0) is 9.61. The van der Waals surface area contributed by atoms with E-state index in [1.54, 1.807) is 0 Å². The lowest BCUT2D eigenvalue weighted by molar-refractivity contribution is 0.547. The van der Waals surface area contributed by atoms with Gasteiger partial charge < -0.3 is 5.73 Å². The summed E-state index contributed by atoms with van der Waals surface area (Å²) in [6, 6.07) is 0. The molecule has 0 spiro atoms. The van der Waals surface area contributed by atoms with Gasteiger partial charge in [-0.1, -0.05) is 12.8 Å². The summed E-state index contributed by atoms with van der Waals surface area (Å²) in [7, 11) is 0. The Hall–Kier alpha value is -0.480. The Bertz CT molecular complexity index is 166. The van der Waals surface area contributed by atoms with E-state index in [-0.39, 0.29) is 5.41 Å². The van der Waals surface area contributed by atoms with Gasteiger partial charge >= 0.3 is 0 Å². The fourth-order valence-corrected chi connectivity index (χ4v) is 0.877. The summed E-state index contributed by atoms with van der Waals surface area (Å²) in [6.45, 7) is 9.37. The van der Waals surface area contributed by atoms with Gasteiger partial charge in [-0.25, -0.2) is 0 Å². The fourth-order valence-electron chi connectivity index (χ4n) is 0.877. The highest BCUT2D eigenvalue weighted by Gasteiger charge is 2.03. The molecule has 0 rings (SSSR count). The van der Waals surface area contributed by atoms with Gasteiger partial charge in [0.1, 0.15) is 0 Å². The van der Waals surface area contributed by atoms with Crippen LogP contribution in [0.25, 0.3) is 0 Å². The van der Waals surface area contributed by atoms with Crippen LogP contribution in [0.4, 0.5) is 0 Å². The van der Waals surface area contributed by atoms with Crippen LogP contribution in [0.5, 0.6) is 0 Å². The van der Waals surface area contributed by atoms with E-state index in [1.807, 2.05) is 0 Å². The summed E-state index contributed by atoms with van der Waals surface area (Å²) >= 11 is 0. The predicted octanol–water partition coefficient (Wildman–Crippen LogP) is 2.41. The molecule has 0 aromatic heterocycles. The van der Waals surface area contributed by atoms with Crippen LogP contribution < -0.4 is 5.73 Å². The van der Waals surface area contributed by atoms with E-state index >= 15 is 0 Å². The van der Waals surface area contributed by atoms with Gasteiger partial charge in [0.15, 0.2) is 0 Å². The first-order chi connectivity index (χ1) is 5.45. The molecule has 2 N–H and O–H groups in total. The van der Waals surface area contributed by atoms with Crippen molar-refractivity contribution in [1.29, 1.82) is 0 Å². The maximum Gasteiger partial charge on any atom is 0.0230 e. The highest BCUT2D eigenvalue weighted by atomic mass is 14.5. The molecular formula is C11H21N. The highest BCUT2D eigenvalue weighted by Crippen LogP contribution is 2.11. The van der Waals surface area contributed by atoms with Crippen LogP contribution in [0.3, 0.4) is 0 Å². The smallest absolute Gasteiger partial charge is 0.0230 e. The lowest BCUT2D eigenvalue weighted by atomic mass is 9.96. The molecule has 0 saturated heterocycles. The van der Waals surface area contributed by atoms with Crippen molar-refractivity contribution in [3.05, 3.63) is 0 Å². The number of nitrogens with two attached hydrogens (primary N) is 1. The molecule has 12 heavy (non-hydrogen) atoms. The van der Waals surface area contributed by atoms with Gasteiger partial charge in [0.05, 0.1) is 0 Å². The van der Waals surface area contributed by atoms with E-state index in [9.17, 15) is 0 Å². The molecule has 0 bridgehead atoms. The lowest BCUT2D eigenvalue weighted by Gasteiger charge is -2.08. The monoisotopic (exact) mass is 167 g/mol. The quantitative estimate of drug-likeness (QED) is 0.642. The van der Waals surface area contributed by atoms with Gasteiger partial charge in [-0.05, 0) is 39.7 Å². The molecule has 0 fully saturated rings. The van der Waals surface area contributed by atoms with Gasteiger partial charge in [0, 0.05) is 11.8 Å². The minimum Gasteiger partial charge on any atom is -0.330 e. The number of hydrogen-bond donors (Lipinski definition) is 1. The van der Waals surface area contributed by atoms with Crippen molar-refractivity contribution in [2.75, 3.05) is 6.54 Å². The van der Waals surface area contributed by atoms with Gasteiger partial charge in [-0.15, -0.1) is 5.92 Å². The third-order valence-corrected chi connectivity index (χ3v) is 1.57. The first-order valence-corrected chi connectivity index (χ1v) is 4.66. The molecule has 1 atom stereocenters. The fraction of sp³-hybridized carbons (Fsp3) is 0.818. The first-order valence-electron chi connectivity index (χ1n) is 4.66. The molecule has 0 heterocycles. The second-order valence-electron chi connectivity index (χ2n) is 4.44. The van der Waals surface area contributed by atoms with Crippen LogP contribution in [0.15, 0.2) is 0 Å². The van der Waals surface area contributed by atoms with Gasteiger partial charge in [-0.3, -0.25) is 0 Å². The second-order valence-corrected chi connectivity index (χ2v) is 4.44. The average molecular weight is 167 g/mol. The molecule has 0 aromatic carbocycles. The van der Waals surface area contributed by atoms with E-state index < -0.39 is 0 Å². The molecule has 70 valence electrons. The Labute approximate surface area is 76.7 Å². The molecule has 0 amide bonds. The summed E-state index contributed by atoms with van der Waals surface area (Å²) < 4.78 is 0. The van der Waals surface area contributed by atoms with E-state index in [4.69, 9.17) is 5.73 Å². The Kier molecular flexibility index (Phi) is 5.01. The lowest BCUT2D eigenvalue weighted by Crippen LogP contribution is -2.05. The number of hydrogen-bond acceptors (Lipinski definition) is 1. The molecule has 1 heteroatoms. The summed E-state index contributed by atoms with van der Waals surface area (Å²) in [5.41, 5.74) is 5.58. The summed E-state index contributed by atoms with van der Waals surface area (Å²) in [6.07, 6.45) is 2.06. The van der Waals surface area contributed by atoms with Gasteiger partial charge in [0.2, 0.25) is 0 Å². The topological polar surface area (TPSA) is 26.0 Å². The number of rotatable bonds is 3. The zero-order valence-electron chi connectivity index (χ0n) is 8.78. The Balaban J connectivity index is 3.71. The van der Waals surface area contributed by atoms with Gasteiger partial charge in [0.25, 0.3) is 0 Å². The van der Waals surface area contributed by atoms with Crippen LogP contribution in [-0.2, 0) is 0 Å². The molecular weight excluding hydrogens is 146 g/mol. The van der Waals surface area contributed by atoms with E-state index in [0.29, 0.717) is 5.92 Å². The third-order valence-electron chi connectivity index (χ3n) is 1.57. The summed E-state index contributed by atoms with van der Waals surface area (Å²) in [5, 5.41) is 0. The standard InChI is InChI=1S/C11H21N/c1-10(7-9-12)6-5-8-11(2,3)4/h10H,6-7,9,12H2,1-4H3. The van der Waals surface area contributed by atoms with Crippen LogP contribution in [0, 0.1) is 23.2 Å². The molecule has 0 aliphatic carbocycles. The average Bonchev–Trinajstić information content (AvgIpc) is 1.84. The maximum atomic E-state index is 5.44. The van der Waals surface area contributed by atoms with Crippen molar-refractivity contribution in [1.82, 2.24) is 0 Å². The predicted molar refractivity (Wildman–Crippen MR) is 54.7 cm³/mol. The van der Waals surface area contributed by atoms with Crippen LogP contribution in [-0.4, -0.2) is 6.54 Å². The van der Waals surface area contributed by atoms with Crippen LogP contribution >= 0.6 is 0 Å². The van der Waals surface area contributed by atoms with E-state index in [1.165, 1.54) is 0 Å². The molecule has 1 unspecified atom stereocenters. The van der Waals surface area contributed by atoms with Crippen LogP contribution in [0.1, 0.15) is 40.5 Å². The Morgan fingerprint density at radius 3 is 2.33 bits per heavy atom. The Morgan fingerprint density at radius 2 is 1.92 bits per heavy atom. The minimum atomic E-state index is 0.141. The molecule has 0 aromatic rings. The molecule has 0 aliphatic rings. The summed E-state index contributed by atoms with van der Waals surface area (Å²) in [4.78, 5) is 0. The largest absolute Gasteiger partial charge is 0.330 e. The first kappa shape index (κ1) is 11.5. The van der Waals surface area contributed by atoms with Crippen molar-refractivity contribution in [2.45, 2.75) is 40.5 Å². The SMILES string of the molecule is CC(CC#CC(C)(C)C)CCN. The normalized spacial score (nSPS) is 13.4. The molecule has 0 aliphatic heterocycles. The van der Waals surface area contributed by atoms with E-state index in [2.05, 4.69) is 39.5 Å². The van der Waals surface area contributed by atoms with Crippen molar-refractivity contribution in [2.24, 2.45) is 17.1 Å². The third kappa shape index (κ3) is 7.63. The van der Waals surface area contributed by atoms with Crippen molar-refractivity contribution in [3.8, 4) is 11.8 Å². The van der Waals surface area contributed by atoms with E-state index in [0.717, 1.165) is 19.4 Å². The molecule has 0 saturated carbocycles. The second kappa shape index (κ2) is 5.22. The van der Waals surface area contributed by atoms with Crippen molar-refractivity contribution in [3.63, 3.8) is 0 Å². The molecule has 1 nitrogen and oxygen atoms in total. The van der Waals surface area contributed by atoms with Crippen molar-refractivity contribution < 1.29 is 0 Å². The van der Waals surface area contributed by atoms with Crippen molar-refractivity contribution >= 4 is 0 Å². The Morgan fingerprint density at radius 1 is 1.33 bits per heavy atom. The summed E-state index contributed by atoms with van der Waals surface area (Å²) in [5.74, 6) is 7.07. The highest BCUT2D eigenvalue weighted by molar-refractivity contribution is 5.07. The zero-order valence-corrected chi connectivity index (χ0v) is 8.78. The minimum absolute atomic E-state index is 0.141. The van der Waals surface area contributed by atoms with Gasteiger partial charge in [-0.2, -0.15) is 0 Å². The van der Waals surface area contributed by atoms with Crippen LogP contribution in [0.2, 0.25) is 0 Å². The molecule has 0 radical (unpaired) electrons.